The first kappa shape index (κ1) is 17.6. The third kappa shape index (κ3) is 3.88. The Morgan fingerprint density at radius 3 is 2.58 bits per heavy atom. The summed E-state index contributed by atoms with van der Waals surface area (Å²) < 4.78 is 28.2. The first-order valence-corrected chi connectivity index (χ1v) is 10.7. The van der Waals surface area contributed by atoms with Gasteiger partial charge in [-0.3, -0.25) is 0 Å². The molecule has 0 spiro atoms. The van der Waals surface area contributed by atoms with Crippen molar-refractivity contribution in [1.82, 2.24) is 9.62 Å². The molecule has 24 heavy (non-hydrogen) atoms. The van der Waals surface area contributed by atoms with Crippen molar-refractivity contribution < 1.29 is 8.42 Å². The number of benzene rings is 1. The van der Waals surface area contributed by atoms with Gasteiger partial charge in [-0.15, -0.1) is 0 Å². The molecule has 1 atom stereocenters. The Morgan fingerprint density at radius 2 is 1.92 bits per heavy atom. The quantitative estimate of drug-likeness (QED) is 0.856. The van der Waals surface area contributed by atoms with Gasteiger partial charge in [0.15, 0.2) is 0 Å². The van der Waals surface area contributed by atoms with Gasteiger partial charge in [-0.1, -0.05) is 6.07 Å². The minimum atomic E-state index is -3.49. The Morgan fingerprint density at radius 1 is 1.17 bits per heavy atom. The fourth-order valence-electron chi connectivity index (χ4n) is 3.21. The van der Waals surface area contributed by atoms with Gasteiger partial charge < -0.3 is 4.90 Å². The zero-order valence-corrected chi connectivity index (χ0v) is 15.8. The number of thiophene rings is 1. The number of hydrogen-bond donors (Lipinski definition) is 1. The summed E-state index contributed by atoms with van der Waals surface area (Å²) in [6.07, 6.45) is 4.38. The van der Waals surface area contributed by atoms with Crippen LogP contribution in [0.25, 0.3) is 0 Å². The number of nitrogens with one attached hydrogen (secondary N) is 1. The van der Waals surface area contributed by atoms with E-state index in [0.29, 0.717) is 11.4 Å². The summed E-state index contributed by atoms with van der Waals surface area (Å²) in [5, 5.41) is 4.08. The van der Waals surface area contributed by atoms with E-state index < -0.39 is 10.0 Å². The molecule has 0 amide bonds. The summed E-state index contributed by atoms with van der Waals surface area (Å²) >= 11 is 1.63. The SMILES string of the molecule is CN(C)C(CNS(=O)(=O)c1ccc2c(c1)CCCC2)c1ccsc1. The predicted molar refractivity (Wildman–Crippen MR) is 99.0 cm³/mol. The molecule has 2 aromatic rings. The van der Waals surface area contributed by atoms with Crippen LogP contribution in [0.2, 0.25) is 0 Å². The van der Waals surface area contributed by atoms with Crippen LogP contribution in [0, 0.1) is 0 Å². The van der Waals surface area contributed by atoms with Crippen molar-refractivity contribution >= 4 is 21.4 Å². The van der Waals surface area contributed by atoms with Gasteiger partial charge in [0, 0.05) is 12.6 Å². The predicted octanol–water partition coefficient (Wildman–Crippen LogP) is 3.21. The average Bonchev–Trinajstić information content (AvgIpc) is 3.08. The smallest absolute Gasteiger partial charge is 0.240 e. The van der Waals surface area contributed by atoms with Crippen LogP contribution in [-0.4, -0.2) is 34.0 Å². The van der Waals surface area contributed by atoms with E-state index in [-0.39, 0.29) is 6.04 Å². The molecule has 0 fully saturated rings. The lowest BCUT2D eigenvalue weighted by atomic mass is 9.92. The second-order valence-electron chi connectivity index (χ2n) is 6.53. The third-order valence-electron chi connectivity index (χ3n) is 4.65. The average molecular weight is 365 g/mol. The molecule has 0 aliphatic heterocycles. The van der Waals surface area contributed by atoms with Crippen LogP contribution in [0.1, 0.15) is 35.6 Å². The maximum absolute atomic E-state index is 12.7. The van der Waals surface area contributed by atoms with Crippen LogP contribution in [0.3, 0.4) is 0 Å². The van der Waals surface area contributed by atoms with Gasteiger partial charge in [0.2, 0.25) is 10.0 Å². The lowest BCUT2D eigenvalue weighted by molar-refractivity contribution is 0.300. The van der Waals surface area contributed by atoms with Gasteiger partial charge >= 0.3 is 0 Å². The van der Waals surface area contributed by atoms with E-state index in [1.807, 2.05) is 42.6 Å². The Kier molecular flexibility index (Phi) is 5.39. The van der Waals surface area contributed by atoms with Crippen LogP contribution >= 0.6 is 11.3 Å². The molecule has 0 radical (unpaired) electrons. The second kappa shape index (κ2) is 7.35. The standard InChI is InChI=1S/C18H24N2O2S2/c1-20(2)18(16-9-10-23-13-16)12-19-24(21,22)17-8-7-14-5-3-4-6-15(14)11-17/h7-11,13,18-19H,3-6,12H2,1-2H3. The van der Waals surface area contributed by atoms with E-state index in [4.69, 9.17) is 0 Å². The van der Waals surface area contributed by atoms with E-state index >= 15 is 0 Å². The summed E-state index contributed by atoms with van der Waals surface area (Å²) in [4.78, 5) is 2.42. The second-order valence-corrected chi connectivity index (χ2v) is 9.07. The fourth-order valence-corrected chi connectivity index (χ4v) is 5.01. The number of rotatable bonds is 6. The number of fused-ring (bicyclic) bond motifs is 1. The molecule has 1 aromatic carbocycles. The molecular weight excluding hydrogens is 340 g/mol. The van der Waals surface area contributed by atoms with E-state index in [1.165, 1.54) is 17.5 Å². The highest BCUT2D eigenvalue weighted by Crippen LogP contribution is 2.25. The summed E-state index contributed by atoms with van der Waals surface area (Å²) in [6.45, 7) is 0.364. The van der Waals surface area contributed by atoms with E-state index in [0.717, 1.165) is 24.8 Å². The number of nitrogens with zero attached hydrogens (tertiary/aromatic N) is 1. The summed E-state index contributed by atoms with van der Waals surface area (Å²) in [5.41, 5.74) is 3.62. The molecule has 1 aliphatic carbocycles. The first-order valence-electron chi connectivity index (χ1n) is 8.27. The van der Waals surface area contributed by atoms with Crippen LogP contribution in [0.4, 0.5) is 0 Å². The van der Waals surface area contributed by atoms with Crippen molar-refractivity contribution in [3.05, 3.63) is 51.7 Å². The van der Waals surface area contributed by atoms with E-state index in [1.54, 1.807) is 17.4 Å². The molecule has 1 aliphatic rings. The van der Waals surface area contributed by atoms with Gasteiger partial charge in [-0.2, -0.15) is 11.3 Å². The van der Waals surface area contributed by atoms with Crippen molar-refractivity contribution in [3.8, 4) is 0 Å². The molecule has 0 bridgehead atoms. The first-order chi connectivity index (χ1) is 11.5. The maximum Gasteiger partial charge on any atom is 0.240 e. The van der Waals surface area contributed by atoms with Crippen LogP contribution in [0.15, 0.2) is 39.9 Å². The highest BCUT2D eigenvalue weighted by molar-refractivity contribution is 7.89. The van der Waals surface area contributed by atoms with Crippen LogP contribution < -0.4 is 4.72 Å². The zero-order chi connectivity index (χ0) is 17.2. The lowest BCUT2D eigenvalue weighted by Crippen LogP contribution is -2.34. The Labute approximate surface area is 148 Å². The molecule has 0 saturated carbocycles. The molecule has 3 rings (SSSR count). The van der Waals surface area contributed by atoms with Gasteiger partial charge in [0.05, 0.1) is 4.90 Å². The monoisotopic (exact) mass is 364 g/mol. The van der Waals surface area contributed by atoms with Crippen molar-refractivity contribution in [2.45, 2.75) is 36.6 Å². The van der Waals surface area contributed by atoms with Crippen molar-refractivity contribution in [3.63, 3.8) is 0 Å². The van der Waals surface area contributed by atoms with Crippen LogP contribution in [-0.2, 0) is 22.9 Å². The Bertz CT molecular complexity index is 783. The summed E-state index contributed by atoms with van der Waals surface area (Å²) in [6, 6.07) is 7.64. The van der Waals surface area contributed by atoms with E-state index in [9.17, 15) is 8.42 Å². The maximum atomic E-state index is 12.7. The molecule has 1 heterocycles. The van der Waals surface area contributed by atoms with Crippen molar-refractivity contribution in [2.75, 3.05) is 20.6 Å². The Balaban J connectivity index is 1.76. The zero-order valence-electron chi connectivity index (χ0n) is 14.2. The van der Waals surface area contributed by atoms with Crippen molar-refractivity contribution in [2.24, 2.45) is 0 Å². The largest absolute Gasteiger partial charge is 0.301 e. The number of sulfonamides is 1. The topological polar surface area (TPSA) is 49.4 Å². The molecular formula is C18H24N2O2S2. The highest BCUT2D eigenvalue weighted by Gasteiger charge is 2.21. The van der Waals surface area contributed by atoms with Gasteiger partial charge in [-0.25, -0.2) is 13.1 Å². The highest BCUT2D eigenvalue weighted by atomic mass is 32.2. The molecule has 6 heteroatoms. The van der Waals surface area contributed by atoms with Gasteiger partial charge in [0.25, 0.3) is 0 Å². The molecule has 4 nitrogen and oxygen atoms in total. The number of aryl methyl sites for hydroxylation is 2. The minimum absolute atomic E-state index is 0.0312. The van der Waals surface area contributed by atoms with Gasteiger partial charge in [-0.05, 0) is 85.4 Å². The molecule has 1 aromatic heterocycles. The number of likely N-dealkylation sites (N-methyl/N-ethyl adjacent to an activating group) is 1. The molecule has 130 valence electrons. The van der Waals surface area contributed by atoms with Gasteiger partial charge in [0.1, 0.15) is 0 Å². The van der Waals surface area contributed by atoms with E-state index in [2.05, 4.69) is 10.1 Å². The fraction of sp³-hybridized carbons (Fsp3) is 0.444. The molecule has 0 saturated heterocycles. The minimum Gasteiger partial charge on any atom is -0.301 e. The summed E-state index contributed by atoms with van der Waals surface area (Å²) in [7, 11) is 0.449. The lowest BCUT2D eigenvalue weighted by Gasteiger charge is -2.24. The molecule has 1 unspecified atom stereocenters. The summed E-state index contributed by atoms with van der Waals surface area (Å²) in [5.74, 6) is 0. The Hall–Kier alpha value is -1.21. The van der Waals surface area contributed by atoms with Crippen molar-refractivity contribution in [1.29, 1.82) is 0 Å². The number of hydrogen-bond acceptors (Lipinski definition) is 4. The van der Waals surface area contributed by atoms with Crippen LogP contribution in [0.5, 0.6) is 0 Å². The normalized spacial score (nSPS) is 16.1. The molecule has 1 N–H and O–H groups in total. The third-order valence-corrected chi connectivity index (χ3v) is 6.77.